The van der Waals surface area contributed by atoms with E-state index in [0.717, 1.165) is 5.19 Å². The highest BCUT2D eigenvalue weighted by Gasteiger charge is 2.51. The Labute approximate surface area is 153 Å². The van der Waals surface area contributed by atoms with Crippen molar-refractivity contribution in [2.24, 2.45) is 0 Å². The lowest BCUT2D eigenvalue weighted by atomic mass is 9.95. The summed E-state index contributed by atoms with van der Waals surface area (Å²) in [5.74, 6) is -2.53. The molecule has 0 N–H and O–H groups in total. The van der Waals surface area contributed by atoms with Crippen molar-refractivity contribution in [3.8, 4) is 0 Å². The van der Waals surface area contributed by atoms with E-state index in [4.69, 9.17) is 0 Å². The van der Waals surface area contributed by atoms with Crippen LogP contribution in [0.15, 0.2) is 30.3 Å². The van der Waals surface area contributed by atoms with E-state index in [-0.39, 0.29) is 21.6 Å². The van der Waals surface area contributed by atoms with E-state index in [0.29, 0.717) is 5.39 Å². The zero-order valence-electron chi connectivity index (χ0n) is 14.4. The van der Waals surface area contributed by atoms with Crippen LogP contribution in [0.3, 0.4) is 0 Å². The van der Waals surface area contributed by atoms with Crippen molar-refractivity contribution < 1.29 is 35.5 Å². The van der Waals surface area contributed by atoms with E-state index in [1.54, 1.807) is 12.1 Å². The first-order chi connectivity index (χ1) is 12.3. The van der Waals surface area contributed by atoms with E-state index < -0.39 is 35.5 Å². The molecule has 2 aromatic carbocycles. The second-order valence-corrected chi connectivity index (χ2v) is 13.6. The number of halogens is 3. The number of carbonyl (C=O) groups is 2. The summed E-state index contributed by atoms with van der Waals surface area (Å²) in [5.41, 5.74) is -5.97. The molecule has 27 heavy (non-hydrogen) atoms. The Morgan fingerprint density at radius 3 is 2.04 bits per heavy atom. The molecule has 0 bridgehead atoms. The number of amides is 2. The fourth-order valence-corrected chi connectivity index (χ4v) is 4.95. The van der Waals surface area contributed by atoms with Gasteiger partial charge in [-0.2, -0.15) is 21.6 Å². The van der Waals surface area contributed by atoms with Crippen molar-refractivity contribution in [3.05, 3.63) is 41.5 Å². The van der Waals surface area contributed by atoms with Gasteiger partial charge in [0.25, 0.3) is 11.8 Å². The number of nitrogens with zero attached hydrogens (tertiary/aromatic N) is 1. The molecule has 0 aromatic heterocycles. The predicted octanol–water partition coefficient (Wildman–Crippen LogP) is 2.76. The first-order valence-corrected chi connectivity index (χ1v) is 12.6. The third-order valence-electron chi connectivity index (χ3n) is 4.13. The maximum absolute atomic E-state index is 12.6. The third-order valence-corrected chi connectivity index (χ3v) is 7.10. The van der Waals surface area contributed by atoms with E-state index in [1.807, 2.05) is 0 Å². The van der Waals surface area contributed by atoms with Gasteiger partial charge in [0, 0.05) is 5.39 Å². The van der Waals surface area contributed by atoms with Crippen LogP contribution < -0.4 is 5.19 Å². The summed E-state index contributed by atoms with van der Waals surface area (Å²) in [5, 5.41) is 1.54. The van der Waals surface area contributed by atoms with Gasteiger partial charge in [-0.25, -0.2) is 0 Å². The summed E-state index contributed by atoms with van der Waals surface area (Å²) < 4.78 is 64.2. The Morgan fingerprint density at radius 1 is 0.963 bits per heavy atom. The van der Waals surface area contributed by atoms with Gasteiger partial charge in [-0.15, -0.1) is 9.35 Å². The Kier molecular flexibility index (Phi) is 4.25. The van der Waals surface area contributed by atoms with Gasteiger partial charge in [0.2, 0.25) is 0 Å². The highest BCUT2D eigenvalue weighted by atomic mass is 32.2. The molecule has 11 heteroatoms. The van der Waals surface area contributed by atoms with Crippen molar-refractivity contribution in [3.63, 3.8) is 0 Å². The Morgan fingerprint density at radius 2 is 1.52 bits per heavy atom. The second-order valence-electron chi connectivity index (χ2n) is 7.02. The summed E-state index contributed by atoms with van der Waals surface area (Å²) in [7, 11) is -8.04. The molecule has 0 fully saturated rings. The molecule has 0 saturated carbocycles. The highest BCUT2D eigenvalue weighted by Crippen LogP contribution is 2.33. The van der Waals surface area contributed by atoms with Crippen LogP contribution in [0.5, 0.6) is 0 Å². The van der Waals surface area contributed by atoms with Crippen molar-refractivity contribution >= 4 is 46.0 Å². The maximum atomic E-state index is 12.6. The van der Waals surface area contributed by atoms with Gasteiger partial charge < -0.3 is 0 Å². The molecule has 2 amide bonds. The highest BCUT2D eigenvalue weighted by molar-refractivity contribution is 7.87. The molecule has 2 aromatic rings. The molecule has 3 rings (SSSR count). The van der Waals surface area contributed by atoms with Crippen LogP contribution >= 0.6 is 0 Å². The first kappa shape index (κ1) is 19.5. The predicted molar refractivity (Wildman–Crippen MR) is 93.5 cm³/mol. The smallest absolute Gasteiger partial charge is 0.266 e. The Hall–Kier alpha value is -2.24. The van der Waals surface area contributed by atoms with Crippen LogP contribution in [-0.2, 0) is 14.4 Å². The van der Waals surface area contributed by atoms with Crippen LogP contribution in [0.2, 0.25) is 19.6 Å². The van der Waals surface area contributed by atoms with Gasteiger partial charge in [-0.1, -0.05) is 43.0 Å². The maximum Gasteiger partial charge on any atom is 0.525 e. The molecule has 0 atom stereocenters. The minimum atomic E-state index is -6.18. The van der Waals surface area contributed by atoms with Gasteiger partial charge in [-0.3, -0.25) is 9.59 Å². The fraction of sp³-hybridized carbons (Fsp3) is 0.250. The zero-order chi connectivity index (χ0) is 20.4. The van der Waals surface area contributed by atoms with E-state index in [2.05, 4.69) is 23.9 Å². The van der Waals surface area contributed by atoms with Crippen molar-refractivity contribution in [2.45, 2.75) is 25.1 Å². The molecule has 0 saturated heterocycles. The number of benzene rings is 2. The van der Waals surface area contributed by atoms with Gasteiger partial charge in [-0.05, 0) is 17.5 Å². The summed E-state index contributed by atoms with van der Waals surface area (Å²) in [6.45, 7) is 6.19. The number of hydrogen-bond acceptors (Lipinski definition) is 5. The van der Waals surface area contributed by atoms with E-state index in [1.165, 1.54) is 18.2 Å². The molecule has 144 valence electrons. The van der Waals surface area contributed by atoms with Crippen LogP contribution in [-0.4, -0.2) is 38.9 Å². The van der Waals surface area contributed by atoms with Crippen LogP contribution in [0.1, 0.15) is 20.7 Å². The number of imide groups is 1. The third kappa shape index (κ3) is 3.05. The lowest BCUT2D eigenvalue weighted by Gasteiger charge is -2.28. The van der Waals surface area contributed by atoms with E-state index >= 15 is 0 Å². The lowest BCUT2D eigenvalue weighted by molar-refractivity contribution is -0.0761. The van der Waals surface area contributed by atoms with Crippen LogP contribution in [0.4, 0.5) is 13.2 Å². The molecule has 6 nitrogen and oxygen atoms in total. The van der Waals surface area contributed by atoms with Crippen LogP contribution in [0.25, 0.3) is 10.8 Å². The van der Waals surface area contributed by atoms with E-state index in [9.17, 15) is 31.2 Å². The normalized spacial score (nSPS) is 15.6. The average molecular weight is 417 g/mol. The molecule has 1 aliphatic rings. The van der Waals surface area contributed by atoms with Gasteiger partial charge in [0.15, 0.2) is 0 Å². The standard InChI is InChI=1S/C16H14F3NO5SSi/c1-27(2,3)12-8-7-11-13-9(12)5-4-6-10(13)14(21)20(15(11)22)25-26(23,24)16(17,18)19/h4-8H,1-3H3. The van der Waals surface area contributed by atoms with Gasteiger partial charge in [0.05, 0.1) is 19.2 Å². The van der Waals surface area contributed by atoms with Crippen LogP contribution in [0, 0.1) is 0 Å². The molecular formula is C16H14F3NO5SSi. The number of alkyl halides is 3. The SMILES string of the molecule is C[Si](C)(C)c1ccc2c3c(cccc13)C(=O)N(OS(=O)(=O)C(F)(F)F)C2=O. The lowest BCUT2D eigenvalue weighted by Crippen LogP contribution is -2.45. The zero-order valence-corrected chi connectivity index (χ0v) is 16.2. The average Bonchev–Trinajstić information content (AvgIpc) is 2.54. The molecule has 0 unspecified atom stereocenters. The van der Waals surface area contributed by atoms with Crippen molar-refractivity contribution in [2.75, 3.05) is 0 Å². The molecule has 0 spiro atoms. The molecular weight excluding hydrogens is 403 g/mol. The van der Waals surface area contributed by atoms with Gasteiger partial charge >= 0.3 is 15.6 Å². The molecule has 1 aliphatic heterocycles. The Balaban J connectivity index is 2.21. The summed E-state index contributed by atoms with van der Waals surface area (Å²) >= 11 is 0. The van der Waals surface area contributed by atoms with Gasteiger partial charge in [0.1, 0.15) is 0 Å². The molecule has 1 heterocycles. The summed E-state index contributed by atoms with van der Waals surface area (Å²) in [6.07, 6.45) is 0. The number of hydrogen-bond donors (Lipinski definition) is 0. The minimum absolute atomic E-state index is 0.0976. The fourth-order valence-electron chi connectivity index (χ4n) is 2.94. The van der Waals surface area contributed by atoms with Crippen molar-refractivity contribution in [1.29, 1.82) is 0 Å². The van der Waals surface area contributed by atoms with Crippen molar-refractivity contribution in [1.82, 2.24) is 5.06 Å². The summed E-state index contributed by atoms with van der Waals surface area (Å²) in [6, 6.07) is 7.61. The second kappa shape index (κ2) is 5.88. The monoisotopic (exact) mass is 417 g/mol. The number of rotatable bonds is 3. The topological polar surface area (TPSA) is 80.8 Å². The largest absolute Gasteiger partial charge is 0.525 e. The molecule has 0 aliphatic carbocycles. The summed E-state index contributed by atoms with van der Waals surface area (Å²) in [4.78, 5) is 25.1. The number of carbonyl (C=O) groups excluding carboxylic acids is 2. The Bertz CT molecular complexity index is 1070. The quantitative estimate of drug-likeness (QED) is 0.436. The minimum Gasteiger partial charge on any atom is -0.266 e. The molecule has 0 radical (unpaired) electrons. The first-order valence-electron chi connectivity index (χ1n) is 7.71. The number of hydroxylamine groups is 2.